The molecule has 2 atom stereocenters. The van der Waals surface area contributed by atoms with Crippen LogP contribution in [0.4, 0.5) is 5.69 Å². The number of aliphatic hydroxyl groups is 1. The van der Waals surface area contributed by atoms with Crippen LogP contribution in [0.1, 0.15) is 46.2 Å². The highest BCUT2D eigenvalue weighted by atomic mass is 16.3. The zero-order valence-corrected chi connectivity index (χ0v) is 13.3. The molecule has 1 aliphatic heterocycles. The zero-order valence-electron chi connectivity index (χ0n) is 13.3. The molecule has 0 fully saturated rings. The van der Waals surface area contributed by atoms with Gasteiger partial charge in [0.15, 0.2) is 5.78 Å². The standard InChI is InChI=1S/C20H19NO3/c22-12-13-11-21(18-8-4-3-5-14(13)18)20(24)17-9-10-19(23)16-7-2-1-6-15(16)17/h1-8,13,17,22H,9-12H2. The summed E-state index contributed by atoms with van der Waals surface area (Å²) in [5.41, 5.74) is 3.42. The number of amides is 1. The molecule has 4 heteroatoms. The van der Waals surface area contributed by atoms with E-state index >= 15 is 0 Å². The summed E-state index contributed by atoms with van der Waals surface area (Å²) in [4.78, 5) is 27.1. The molecule has 0 saturated heterocycles. The number of aliphatic hydroxyl groups excluding tert-OH is 1. The Balaban J connectivity index is 1.71. The first-order valence-electron chi connectivity index (χ1n) is 8.34. The lowest BCUT2D eigenvalue weighted by molar-refractivity contribution is -0.120. The summed E-state index contributed by atoms with van der Waals surface area (Å²) in [6, 6.07) is 15.2. The minimum atomic E-state index is -0.288. The number of para-hydroxylation sites is 1. The van der Waals surface area contributed by atoms with Crippen LogP contribution in [-0.4, -0.2) is 29.9 Å². The molecule has 2 unspecified atom stereocenters. The predicted molar refractivity (Wildman–Crippen MR) is 91.4 cm³/mol. The minimum absolute atomic E-state index is 0.0262. The Labute approximate surface area is 140 Å². The van der Waals surface area contributed by atoms with Crippen molar-refractivity contribution >= 4 is 17.4 Å². The van der Waals surface area contributed by atoms with E-state index < -0.39 is 0 Å². The van der Waals surface area contributed by atoms with Crippen molar-refractivity contribution < 1.29 is 14.7 Å². The highest BCUT2D eigenvalue weighted by molar-refractivity contribution is 6.06. The third-order valence-corrected chi connectivity index (χ3v) is 5.15. The largest absolute Gasteiger partial charge is 0.396 e. The van der Waals surface area contributed by atoms with Crippen molar-refractivity contribution in [3.63, 3.8) is 0 Å². The van der Waals surface area contributed by atoms with Gasteiger partial charge in [-0.25, -0.2) is 0 Å². The molecule has 2 aliphatic rings. The molecule has 1 aliphatic carbocycles. The summed E-state index contributed by atoms with van der Waals surface area (Å²) in [5, 5.41) is 9.63. The van der Waals surface area contributed by atoms with Crippen LogP contribution in [0.3, 0.4) is 0 Å². The lowest BCUT2D eigenvalue weighted by Crippen LogP contribution is -2.36. The summed E-state index contributed by atoms with van der Waals surface area (Å²) >= 11 is 0. The van der Waals surface area contributed by atoms with Crippen molar-refractivity contribution in [1.29, 1.82) is 0 Å². The van der Waals surface area contributed by atoms with Crippen molar-refractivity contribution in [3.05, 3.63) is 65.2 Å². The van der Waals surface area contributed by atoms with Gasteiger partial charge in [0.05, 0.1) is 12.5 Å². The van der Waals surface area contributed by atoms with Crippen molar-refractivity contribution in [2.45, 2.75) is 24.7 Å². The predicted octanol–water partition coefficient (Wildman–Crippen LogP) is 2.87. The fourth-order valence-corrected chi connectivity index (χ4v) is 3.93. The third-order valence-electron chi connectivity index (χ3n) is 5.15. The van der Waals surface area contributed by atoms with E-state index in [0.717, 1.165) is 16.8 Å². The van der Waals surface area contributed by atoms with Gasteiger partial charge >= 0.3 is 0 Å². The second kappa shape index (κ2) is 5.87. The Morgan fingerprint density at radius 2 is 1.79 bits per heavy atom. The monoisotopic (exact) mass is 321 g/mol. The van der Waals surface area contributed by atoms with E-state index in [1.54, 1.807) is 4.90 Å². The van der Waals surface area contributed by atoms with Gasteiger partial charge in [-0.1, -0.05) is 42.5 Å². The van der Waals surface area contributed by atoms with E-state index in [1.807, 2.05) is 48.5 Å². The first kappa shape index (κ1) is 15.1. The van der Waals surface area contributed by atoms with Gasteiger partial charge in [-0.2, -0.15) is 0 Å². The first-order valence-corrected chi connectivity index (χ1v) is 8.34. The van der Waals surface area contributed by atoms with E-state index in [4.69, 9.17) is 0 Å². The SMILES string of the molecule is O=C1CCC(C(=O)N2CC(CO)c3ccccc32)c2ccccc21. The van der Waals surface area contributed by atoms with E-state index in [0.29, 0.717) is 24.9 Å². The number of carbonyl (C=O) groups excluding carboxylic acids is 2. The molecule has 1 N–H and O–H groups in total. The van der Waals surface area contributed by atoms with Gasteiger partial charge in [-0.05, 0) is 23.6 Å². The van der Waals surface area contributed by atoms with E-state index in [9.17, 15) is 14.7 Å². The van der Waals surface area contributed by atoms with Gasteiger partial charge in [0.1, 0.15) is 0 Å². The Morgan fingerprint density at radius 3 is 2.58 bits per heavy atom. The molecule has 0 radical (unpaired) electrons. The summed E-state index contributed by atoms with van der Waals surface area (Å²) in [5.74, 6) is -0.182. The molecule has 0 saturated carbocycles. The fraction of sp³-hybridized carbons (Fsp3) is 0.300. The van der Waals surface area contributed by atoms with Gasteiger partial charge in [0.2, 0.25) is 5.91 Å². The number of carbonyl (C=O) groups is 2. The molecule has 1 heterocycles. The zero-order chi connectivity index (χ0) is 16.7. The van der Waals surface area contributed by atoms with Crippen LogP contribution in [0.25, 0.3) is 0 Å². The Hall–Kier alpha value is -2.46. The maximum Gasteiger partial charge on any atom is 0.234 e. The number of Topliss-reactive ketones (excluding diaryl/α,β-unsaturated/α-hetero) is 1. The van der Waals surface area contributed by atoms with E-state index in [1.165, 1.54) is 0 Å². The Morgan fingerprint density at radius 1 is 1.08 bits per heavy atom. The lowest BCUT2D eigenvalue weighted by atomic mass is 9.81. The van der Waals surface area contributed by atoms with Crippen molar-refractivity contribution in [2.24, 2.45) is 0 Å². The molecule has 122 valence electrons. The first-order chi connectivity index (χ1) is 11.7. The number of nitrogens with zero attached hydrogens (tertiary/aromatic N) is 1. The molecular formula is C20H19NO3. The second-order valence-corrected chi connectivity index (χ2v) is 6.49. The average molecular weight is 321 g/mol. The van der Waals surface area contributed by atoms with Crippen LogP contribution in [-0.2, 0) is 4.79 Å². The van der Waals surface area contributed by atoms with Gasteiger partial charge in [-0.15, -0.1) is 0 Å². The molecule has 2 aromatic carbocycles. The number of fused-ring (bicyclic) bond motifs is 2. The molecular weight excluding hydrogens is 302 g/mol. The minimum Gasteiger partial charge on any atom is -0.396 e. The Kier molecular flexibility index (Phi) is 3.69. The molecule has 2 aromatic rings. The van der Waals surface area contributed by atoms with Crippen molar-refractivity contribution in [1.82, 2.24) is 0 Å². The molecule has 0 spiro atoms. The van der Waals surface area contributed by atoms with Crippen molar-refractivity contribution in [3.8, 4) is 0 Å². The number of anilines is 1. The third kappa shape index (κ3) is 2.26. The maximum absolute atomic E-state index is 13.2. The highest BCUT2D eigenvalue weighted by Crippen LogP contribution is 2.40. The number of ketones is 1. The van der Waals surface area contributed by atoms with Crippen LogP contribution in [0, 0.1) is 0 Å². The summed E-state index contributed by atoms with van der Waals surface area (Å²) in [6.45, 7) is 0.530. The van der Waals surface area contributed by atoms with Gasteiger partial charge in [-0.3, -0.25) is 9.59 Å². The van der Waals surface area contributed by atoms with Crippen LogP contribution in [0.5, 0.6) is 0 Å². The fourth-order valence-electron chi connectivity index (χ4n) is 3.93. The molecule has 0 aromatic heterocycles. The van der Waals surface area contributed by atoms with Gasteiger partial charge in [0.25, 0.3) is 0 Å². The Bertz CT molecular complexity index is 814. The normalized spacial score (nSPS) is 22.2. The van der Waals surface area contributed by atoms with E-state index in [2.05, 4.69) is 0 Å². The highest BCUT2D eigenvalue weighted by Gasteiger charge is 2.38. The van der Waals surface area contributed by atoms with Gasteiger partial charge in [0, 0.05) is 30.1 Å². The lowest BCUT2D eigenvalue weighted by Gasteiger charge is -2.28. The van der Waals surface area contributed by atoms with E-state index in [-0.39, 0.29) is 30.1 Å². The number of hydrogen-bond acceptors (Lipinski definition) is 3. The van der Waals surface area contributed by atoms with Gasteiger partial charge < -0.3 is 10.0 Å². The molecule has 4 nitrogen and oxygen atoms in total. The van der Waals surface area contributed by atoms with Crippen molar-refractivity contribution in [2.75, 3.05) is 18.1 Å². The van der Waals surface area contributed by atoms with Crippen LogP contribution in [0.2, 0.25) is 0 Å². The topological polar surface area (TPSA) is 57.6 Å². The smallest absolute Gasteiger partial charge is 0.234 e. The maximum atomic E-state index is 13.2. The number of hydrogen-bond donors (Lipinski definition) is 1. The number of benzene rings is 2. The number of rotatable bonds is 2. The quantitative estimate of drug-likeness (QED) is 0.925. The molecule has 0 bridgehead atoms. The van der Waals surface area contributed by atoms with Crippen LogP contribution < -0.4 is 4.90 Å². The second-order valence-electron chi connectivity index (χ2n) is 6.49. The molecule has 1 amide bonds. The summed E-state index contributed by atoms with van der Waals surface area (Å²) in [6.07, 6.45) is 0.962. The molecule has 4 rings (SSSR count). The van der Waals surface area contributed by atoms with Crippen LogP contribution >= 0.6 is 0 Å². The average Bonchev–Trinajstić information content (AvgIpc) is 3.01. The summed E-state index contributed by atoms with van der Waals surface area (Å²) < 4.78 is 0. The molecule has 24 heavy (non-hydrogen) atoms. The summed E-state index contributed by atoms with van der Waals surface area (Å²) in [7, 11) is 0. The van der Waals surface area contributed by atoms with Crippen LogP contribution in [0.15, 0.2) is 48.5 Å².